The van der Waals surface area contributed by atoms with Gasteiger partial charge in [0.05, 0.1) is 0 Å². The summed E-state index contributed by atoms with van der Waals surface area (Å²) >= 11 is 3.43. The number of halogens is 1. The normalized spacial score (nSPS) is 12.3. The Balaban J connectivity index is 2.15. The van der Waals surface area contributed by atoms with Crippen LogP contribution in [0.1, 0.15) is 45.2 Å². The fraction of sp³-hybridized carbons (Fsp3) is 0.391. The van der Waals surface area contributed by atoms with Crippen LogP contribution in [0.2, 0.25) is 0 Å². The molecule has 0 spiro atoms. The predicted molar refractivity (Wildman–Crippen MR) is 117 cm³/mol. The Bertz CT molecular complexity index is 782. The zero-order valence-electron chi connectivity index (χ0n) is 17.0. The summed E-state index contributed by atoms with van der Waals surface area (Å²) in [5.74, 6) is -0.166. The molecule has 1 atom stereocenters. The molecule has 0 fully saturated rings. The number of rotatable bonds is 7. The van der Waals surface area contributed by atoms with E-state index in [1.54, 1.807) is 11.8 Å². The van der Waals surface area contributed by atoms with Gasteiger partial charge in [-0.3, -0.25) is 9.59 Å². The second-order valence-electron chi connectivity index (χ2n) is 8.05. The lowest BCUT2D eigenvalue weighted by atomic mass is 10.1. The van der Waals surface area contributed by atoms with E-state index in [1.807, 2.05) is 75.4 Å². The largest absolute Gasteiger partial charge is 0.350 e. The van der Waals surface area contributed by atoms with Gasteiger partial charge < -0.3 is 10.2 Å². The highest BCUT2D eigenvalue weighted by Gasteiger charge is 2.28. The first-order chi connectivity index (χ1) is 13.2. The molecule has 0 radical (unpaired) electrons. The molecule has 0 saturated carbocycles. The molecule has 0 saturated heterocycles. The van der Waals surface area contributed by atoms with E-state index in [0.29, 0.717) is 19.4 Å². The second-order valence-corrected chi connectivity index (χ2v) is 8.96. The van der Waals surface area contributed by atoms with E-state index in [2.05, 4.69) is 21.2 Å². The molecular formula is C23H29BrN2O2. The minimum Gasteiger partial charge on any atom is -0.350 e. The Morgan fingerprint density at radius 2 is 1.61 bits per heavy atom. The molecule has 0 heterocycles. The smallest absolute Gasteiger partial charge is 0.242 e. The lowest BCUT2D eigenvalue weighted by Gasteiger charge is -2.31. The maximum Gasteiger partial charge on any atom is 0.242 e. The summed E-state index contributed by atoms with van der Waals surface area (Å²) in [6.07, 6.45) is 1.03. The van der Waals surface area contributed by atoms with Gasteiger partial charge in [0.1, 0.15) is 6.04 Å². The third-order valence-corrected chi connectivity index (χ3v) is 4.93. The molecule has 0 aliphatic heterocycles. The molecule has 0 aliphatic rings. The van der Waals surface area contributed by atoms with Crippen LogP contribution in [-0.2, 0) is 22.6 Å². The molecule has 2 amide bonds. The lowest BCUT2D eigenvalue weighted by Crippen LogP contribution is -2.52. The number of aryl methyl sites for hydroxylation is 1. The topological polar surface area (TPSA) is 49.4 Å². The van der Waals surface area contributed by atoms with Crippen molar-refractivity contribution in [3.8, 4) is 0 Å². The van der Waals surface area contributed by atoms with Crippen LogP contribution in [-0.4, -0.2) is 28.3 Å². The van der Waals surface area contributed by atoms with Crippen molar-refractivity contribution < 1.29 is 9.59 Å². The monoisotopic (exact) mass is 444 g/mol. The van der Waals surface area contributed by atoms with Crippen molar-refractivity contribution in [3.63, 3.8) is 0 Å². The van der Waals surface area contributed by atoms with Crippen LogP contribution in [0.4, 0.5) is 0 Å². The highest BCUT2D eigenvalue weighted by Crippen LogP contribution is 2.16. The number of nitrogens with zero attached hydrogens (tertiary/aromatic N) is 1. The van der Waals surface area contributed by atoms with Crippen molar-refractivity contribution in [3.05, 3.63) is 70.2 Å². The van der Waals surface area contributed by atoms with Gasteiger partial charge in [-0.25, -0.2) is 0 Å². The minimum absolute atomic E-state index is 0.0247. The van der Waals surface area contributed by atoms with Gasteiger partial charge in [0.15, 0.2) is 0 Å². The van der Waals surface area contributed by atoms with Crippen molar-refractivity contribution in [2.75, 3.05) is 0 Å². The van der Waals surface area contributed by atoms with Gasteiger partial charge in [0.25, 0.3) is 0 Å². The van der Waals surface area contributed by atoms with Crippen LogP contribution in [0.3, 0.4) is 0 Å². The van der Waals surface area contributed by atoms with Crippen LogP contribution in [0.15, 0.2) is 59.1 Å². The van der Waals surface area contributed by atoms with Crippen molar-refractivity contribution >= 4 is 27.7 Å². The molecule has 28 heavy (non-hydrogen) atoms. The Labute approximate surface area is 176 Å². The van der Waals surface area contributed by atoms with Gasteiger partial charge in [-0.1, -0.05) is 58.4 Å². The molecule has 0 bridgehead atoms. The molecule has 2 aromatic rings. The van der Waals surface area contributed by atoms with E-state index in [4.69, 9.17) is 0 Å². The third-order valence-electron chi connectivity index (χ3n) is 4.40. The van der Waals surface area contributed by atoms with Crippen LogP contribution in [0, 0.1) is 0 Å². The standard InChI is InChI=1S/C23H29BrN2O2/c1-17(22(28)25-23(2,3)4)26(16-19-10-13-20(24)14-11-19)21(27)15-12-18-8-6-5-7-9-18/h5-11,13-14,17H,12,15-16H2,1-4H3,(H,25,28)/t17-/m0/s1. The fourth-order valence-corrected chi connectivity index (χ4v) is 3.15. The summed E-state index contributed by atoms with van der Waals surface area (Å²) < 4.78 is 0.983. The molecule has 5 heteroatoms. The molecule has 1 N–H and O–H groups in total. The van der Waals surface area contributed by atoms with Gasteiger partial charge in [-0.05, 0) is 57.4 Å². The summed E-state index contributed by atoms with van der Waals surface area (Å²) in [4.78, 5) is 27.4. The van der Waals surface area contributed by atoms with Crippen molar-refractivity contribution in [2.45, 2.75) is 58.7 Å². The number of benzene rings is 2. The maximum atomic E-state index is 13.0. The quantitative estimate of drug-likeness (QED) is 0.671. The Hall–Kier alpha value is -2.14. The molecule has 4 nitrogen and oxygen atoms in total. The summed E-state index contributed by atoms with van der Waals surface area (Å²) in [5.41, 5.74) is 1.76. The number of amides is 2. The zero-order chi connectivity index (χ0) is 20.7. The first-order valence-corrected chi connectivity index (χ1v) is 10.3. The Kier molecular flexibility index (Phi) is 7.81. The molecule has 0 unspecified atom stereocenters. The zero-order valence-corrected chi connectivity index (χ0v) is 18.6. The summed E-state index contributed by atoms with van der Waals surface area (Å²) in [5, 5.41) is 2.98. The maximum absolute atomic E-state index is 13.0. The van der Waals surface area contributed by atoms with E-state index < -0.39 is 6.04 Å². The predicted octanol–water partition coefficient (Wildman–Crippen LogP) is 4.71. The number of carbonyl (C=O) groups is 2. The highest BCUT2D eigenvalue weighted by molar-refractivity contribution is 9.10. The Morgan fingerprint density at radius 3 is 2.18 bits per heavy atom. The first kappa shape index (κ1) is 22.2. The van der Waals surface area contributed by atoms with Gasteiger partial charge >= 0.3 is 0 Å². The van der Waals surface area contributed by atoms with Crippen molar-refractivity contribution in [1.82, 2.24) is 10.2 Å². The first-order valence-electron chi connectivity index (χ1n) is 9.55. The fourth-order valence-electron chi connectivity index (χ4n) is 2.88. The average Bonchev–Trinajstić information content (AvgIpc) is 2.64. The van der Waals surface area contributed by atoms with E-state index >= 15 is 0 Å². The minimum atomic E-state index is -0.550. The molecule has 2 aromatic carbocycles. The third kappa shape index (κ3) is 7.12. The SMILES string of the molecule is C[C@@H](C(=O)NC(C)(C)C)N(Cc1ccc(Br)cc1)C(=O)CCc1ccccc1. The summed E-state index contributed by atoms with van der Waals surface area (Å²) in [6, 6.07) is 17.2. The van der Waals surface area contributed by atoms with Gasteiger partial charge in [0, 0.05) is 23.0 Å². The van der Waals surface area contributed by atoms with Crippen molar-refractivity contribution in [2.24, 2.45) is 0 Å². The van der Waals surface area contributed by atoms with Crippen molar-refractivity contribution in [1.29, 1.82) is 0 Å². The van der Waals surface area contributed by atoms with Crippen LogP contribution >= 0.6 is 15.9 Å². The van der Waals surface area contributed by atoms with Crippen LogP contribution < -0.4 is 5.32 Å². The molecule has 150 valence electrons. The number of nitrogens with one attached hydrogen (secondary N) is 1. The highest BCUT2D eigenvalue weighted by atomic mass is 79.9. The molecule has 0 aromatic heterocycles. The van der Waals surface area contributed by atoms with Gasteiger partial charge in [-0.2, -0.15) is 0 Å². The van der Waals surface area contributed by atoms with Gasteiger partial charge in [0.2, 0.25) is 11.8 Å². The van der Waals surface area contributed by atoms with E-state index in [9.17, 15) is 9.59 Å². The average molecular weight is 445 g/mol. The van der Waals surface area contributed by atoms with E-state index in [0.717, 1.165) is 15.6 Å². The summed E-state index contributed by atoms with van der Waals surface area (Å²) in [6.45, 7) is 8.01. The Morgan fingerprint density at radius 1 is 1.00 bits per heavy atom. The van der Waals surface area contributed by atoms with Crippen LogP contribution in [0.25, 0.3) is 0 Å². The summed E-state index contributed by atoms with van der Waals surface area (Å²) in [7, 11) is 0. The van der Waals surface area contributed by atoms with E-state index in [1.165, 1.54) is 0 Å². The second kappa shape index (κ2) is 9.87. The van der Waals surface area contributed by atoms with E-state index in [-0.39, 0.29) is 17.4 Å². The molecule has 0 aliphatic carbocycles. The van der Waals surface area contributed by atoms with Crippen LogP contribution in [0.5, 0.6) is 0 Å². The molecular weight excluding hydrogens is 416 g/mol. The number of hydrogen-bond donors (Lipinski definition) is 1. The number of hydrogen-bond acceptors (Lipinski definition) is 2. The molecule has 2 rings (SSSR count). The lowest BCUT2D eigenvalue weighted by molar-refractivity contribution is -0.141. The van der Waals surface area contributed by atoms with Gasteiger partial charge in [-0.15, -0.1) is 0 Å². The number of carbonyl (C=O) groups excluding carboxylic acids is 2.